The molecule has 1 aliphatic rings. The molecule has 1 atom stereocenters. The van der Waals surface area contributed by atoms with E-state index in [-0.39, 0.29) is 17.8 Å². The van der Waals surface area contributed by atoms with Crippen LogP contribution in [0.4, 0.5) is 0 Å². The number of hydrogen-bond acceptors (Lipinski definition) is 5. The summed E-state index contributed by atoms with van der Waals surface area (Å²) >= 11 is 0. The van der Waals surface area contributed by atoms with Gasteiger partial charge in [-0.1, -0.05) is 0 Å². The maximum atomic E-state index is 12.5. The third-order valence-electron chi connectivity index (χ3n) is 3.44. The van der Waals surface area contributed by atoms with Crippen LogP contribution >= 0.6 is 0 Å². The highest BCUT2D eigenvalue weighted by Crippen LogP contribution is 2.22. The van der Waals surface area contributed by atoms with Crippen LogP contribution in [0.5, 0.6) is 5.88 Å². The lowest BCUT2D eigenvalue weighted by molar-refractivity contribution is -0.146. The Balaban J connectivity index is 2.14. The molecule has 20 heavy (non-hydrogen) atoms. The molecule has 108 valence electrons. The summed E-state index contributed by atoms with van der Waals surface area (Å²) in [5, 5.41) is 0. The number of esters is 1. The smallest absolute Gasteiger partial charge is 0.310 e. The average Bonchev–Trinajstić information content (AvgIpc) is 2.53. The molecule has 1 unspecified atom stereocenters. The van der Waals surface area contributed by atoms with E-state index in [4.69, 9.17) is 9.47 Å². The number of likely N-dealkylation sites (tertiary alicyclic amines) is 1. The van der Waals surface area contributed by atoms with Gasteiger partial charge in [-0.2, -0.15) is 0 Å². The molecule has 0 aromatic carbocycles. The maximum absolute atomic E-state index is 12.5. The van der Waals surface area contributed by atoms with Gasteiger partial charge < -0.3 is 14.4 Å². The fraction of sp³-hybridized carbons (Fsp3) is 0.500. The number of rotatable bonds is 3. The lowest BCUT2D eigenvalue weighted by Crippen LogP contribution is -2.42. The standard InChI is InChI=1S/C14H18N2O4/c1-19-12-11(6-3-7-15-12)13(17)16-8-4-5-10(9-16)14(18)20-2/h3,6-7,10H,4-5,8-9H2,1-2H3. The minimum Gasteiger partial charge on any atom is -0.480 e. The number of carbonyl (C=O) groups is 2. The fourth-order valence-corrected chi connectivity index (χ4v) is 2.41. The second-order valence-electron chi connectivity index (χ2n) is 4.67. The van der Waals surface area contributed by atoms with Crippen molar-refractivity contribution in [2.75, 3.05) is 27.3 Å². The predicted molar refractivity (Wildman–Crippen MR) is 71.4 cm³/mol. The van der Waals surface area contributed by atoms with E-state index >= 15 is 0 Å². The zero-order valence-corrected chi connectivity index (χ0v) is 11.7. The molecule has 1 fully saturated rings. The summed E-state index contributed by atoms with van der Waals surface area (Å²) in [7, 11) is 2.85. The molecular formula is C14H18N2O4. The molecule has 1 aromatic heterocycles. The fourth-order valence-electron chi connectivity index (χ4n) is 2.41. The lowest BCUT2D eigenvalue weighted by atomic mass is 9.97. The van der Waals surface area contributed by atoms with Gasteiger partial charge in [-0.05, 0) is 25.0 Å². The summed E-state index contributed by atoms with van der Waals surface area (Å²) < 4.78 is 9.86. The summed E-state index contributed by atoms with van der Waals surface area (Å²) in [5.74, 6) is -0.373. The molecule has 1 saturated heterocycles. The van der Waals surface area contributed by atoms with E-state index in [1.165, 1.54) is 14.2 Å². The van der Waals surface area contributed by atoms with E-state index in [0.29, 0.717) is 24.5 Å². The first kappa shape index (κ1) is 14.3. The molecule has 6 nitrogen and oxygen atoms in total. The molecule has 0 radical (unpaired) electrons. The first-order valence-corrected chi connectivity index (χ1v) is 6.53. The van der Waals surface area contributed by atoms with Crippen LogP contribution in [0.25, 0.3) is 0 Å². The summed E-state index contributed by atoms with van der Waals surface area (Å²) in [5.41, 5.74) is 0.417. The molecular weight excluding hydrogens is 260 g/mol. The molecule has 2 rings (SSSR count). The van der Waals surface area contributed by atoms with E-state index in [0.717, 1.165) is 12.8 Å². The monoisotopic (exact) mass is 278 g/mol. The minimum absolute atomic E-state index is 0.163. The Morgan fingerprint density at radius 3 is 2.90 bits per heavy atom. The Morgan fingerprint density at radius 2 is 2.20 bits per heavy atom. The number of ether oxygens (including phenoxy) is 2. The summed E-state index contributed by atoms with van der Waals surface area (Å²) in [6.45, 7) is 1.01. The molecule has 1 amide bonds. The molecule has 1 aliphatic heterocycles. The molecule has 0 N–H and O–H groups in total. The van der Waals surface area contributed by atoms with Crippen LogP contribution < -0.4 is 4.74 Å². The van der Waals surface area contributed by atoms with Gasteiger partial charge in [-0.3, -0.25) is 9.59 Å². The number of piperidine rings is 1. The van der Waals surface area contributed by atoms with Gasteiger partial charge in [0.05, 0.1) is 20.1 Å². The second-order valence-corrected chi connectivity index (χ2v) is 4.67. The van der Waals surface area contributed by atoms with Crippen molar-refractivity contribution in [1.82, 2.24) is 9.88 Å². The number of hydrogen-bond donors (Lipinski definition) is 0. The second kappa shape index (κ2) is 6.36. The first-order chi connectivity index (χ1) is 9.67. The minimum atomic E-state index is -0.263. The Morgan fingerprint density at radius 1 is 1.40 bits per heavy atom. The van der Waals surface area contributed by atoms with E-state index in [1.54, 1.807) is 23.2 Å². The number of methoxy groups -OCH3 is 2. The predicted octanol–water partition coefficient (Wildman–Crippen LogP) is 1.12. The van der Waals surface area contributed by atoms with Crippen LogP contribution in [0.15, 0.2) is 18.3 Å². The number of nitrogens with zero attached hydrogens (tertiary/aromatic N) is 2. The Kier molecular flexibility index (Phi) is 4.55. The van der Waals surface area contributed by atoms with Crippen LogP contribution in [-0.2, 0) is 9.53 Å². The van der Waals surface area contributed by atoms with E-state index in [2.05, 4.69) is 4.98 Å². The highest BCUT2D eigenvalue weighted by molar-refractivity contribution is 5.96. The normalized spacial score (nSPS) is 18.5. The van der Waals surface area contributed by atoms with Crippen molar-refractivity contribution in [1.29, 1.82) is 0 Å². The zero-order chi connectivity index (χ0) is 14.5. The van der Waals surface area contributed by atoms with Crippen molar-refractivity contribution < 1.29 is 19.1 Å². The molecule has 1 aromatic rings. The quantitative estimate of drug-likeness (QED) is 0.775. The van der Waals surface area contributed by atoms with Crippen LogP contribution in [0.3, 0.4) is 0 Å². The number of amides is 1. The van der Waals surface area contributed by atoms with Crippen molar-refractivity contribution in [3.8, 4) is 5.88 Å². The Hall–Kier alpha value is -2.11. The SMILES string of the molecule is COC(=O)C1CCCN(C(=O)c2cccnc2OC)C1. The van der Waals surface area contributed by atoms with Crippen molar-refractivity contribution in [3.63, 3.8) is 0 Å². The Labute approximate surface area is 117 Å². The molecule has 0 aliphatic carbocycles. The first-order valence-electron chi connectivity index (χ1n) is 6.53. The molecule has 0 saturated carbocycles. The van der Waals surface area contributed by atoms with Crippen molar-refractivity contribution >= 4 is 11.9 Å². The van der Waals surface area contributed by atoms with E-state index in [1.807, 2.05) is 0 Å². The zero-order valence-electron chi connectivity index (χ0n) is 11.7. The van der Waals surface area contributed by atoms with Gasteiger partial charge in [0.1, 0.15) is 5.56 Å². The van der Waals surface area contributed by atoms with Gasteiger partial charge in [0, 0.05) is 19.3 Å². The van der Waals surface area contributed by atoms with Crippen LogP contribution in [0.2, 0.25) is 0 Å². The Bertz CT molecular complexity index is 504. The van der Waals surface area contributed by atoms with Gasteiger partial charge in [0.15, 0.2) is 0 Å². The van der Waals surface area contributed by atoms with Crippen LogP contribution in [0, 0.1) is 5.92 Å². The van der Waals surface area contributed by atoms with Crippen molar-refractivity contribution in [2.45, 2.75) is 12.8 Å². The number of pyridine rings is 1. The third kappa shape index (κ3) is 2.89. The van der Waals surface area contributed by atoms with Gasteiger partial charge in [-0.25, -0.2) is 4.98 Å². The summed E-state index contributed by atoms with van der Waals surface area (Å²) in [4.78, 5) is 29.8. The number of carbonyl (C=O) groups excluding carboxylic acids is 2. The topological polar surface area (TPSA) is 68.7 Å². The summed E-state index contributed by atoms with van der Waals surface area (Å²) in [6, 6.07) is 3.37. The van der Waals surface area contributed by atoms with E-state index in [9.17, 15) is 9.59 Å². The highest BCUT2D eigenvalue weighted by Gasteiger charge is 2.30. The average molecular weight is 278 g/mol. The third-order valence-corrected chi connectivity index (χ3v) is 3.44. The lowest BCUT2D eigenvalue weighted by Gasteiger charge is -2.31. The van der Waals surface area contributed by atoms with Gasteiger partial charge >= 0.3 is 5.97 Å². The summed E-state index contributed by atoms with van der Waals surface area (Å²) in [6.07, 6.45) is 3.11. The molecule has 6 heteroatoms. The van der Waals surface area contributed by atoms with Crippen LogP contribution in [-0.4, -0.2) is 49.1 Å². The van der Waals surface area contributed by atoms with Gasteiger partial charge in [0.25, 0.3) is 5.91 Å². The van der Waals surface area contributed by atoms with Crippen LogP contribution in [0.1, 0.15) is 23.2 Å². The van der Waals surface area contributed by atoms with Gasteiger partial charge in [-0.15, -0.1) is 0 Å². The van der Waals surface area contributed by atoms with Gasteiger partial charge in [0.2, 0.25) is 5.88 Å². The largest absolute Gasteiger partial charge is 0.480 e. The highest BCUT2D eigenvalue weighted by atomic mass is 16.5. The maximum Gasteiger partial charge on any atom is 0.310 e. The van der Waals surface area contributed by atoms with Crippen molar-refractivity contribution in [3.05, 3.63) is 23.9 Å². The number of aromatic nitrogens is 1. The molecule has 2 heterocycles. The van der Waals surface area contributed by atoms with Crippen molar-refractivity contribution in [2.24, 2.45) is 5.92 Å². The molecule has 0 bridgehead atoms. The van der Waals surface area contributed by atoms with E-state index < -0.39 is 0 Å². The molecule has 0 spiro atoms.